The molecule has 1 aliphatic heterocycles. The number of hydrogen-bond acceptors (Lipinski definition) is 4. The molecule has 5 heteroatoms. The van der Waals surface area contributed by atoms with Gasteiger partial charge in [0.2, 0.25) is 0 Å². The molecule has 0 aromatic carbocycles. The SMILES string of the molecule is CC(c1ccco1)N1CCOCC1CC(=O)O. The van der Waals surface area contributed by atoms with Crippen molar-refractivity contribution >= 4 is 5.97 Å². The van der Waals surface area contributed by atoms with E-state index >= 15 is 0 Å². The molecule has 1 aromatic rings. The van der Waals surface area contributed by atoms with Gasteiger partial charge in [0.05, 0.1) is 31.9 Å². The van der Waals surface area contributed by atoms with Gasteiger partial charge in [0.15, 0.2) is 0 Å². The van der Waals surface area contributed by atoms with E-state index in [0.717, 1.165) is 12.3 Å². The number of carboxylic acids is 1. The first-order chi connectivity index (χ1) is 8.18. The molecule has 2 atom stereocenters. The minimum atomic E-state index is -0.794. The summed E-state index contributed by atoms with van der Waals surface area (Å²) in [5, 5.41) is 8.89. The summed E-state index contributed by atoms with van der Waals surface area (Å²) >= 11 is 0. The quantitative estimate of drug-likeness (QED) is 0.863. The molecule has 1 saturated heterocycles. The summed E-state index contributed by atoms with van der Waals surface area (Å²) in [5.74, 6) is 0.0689. The van der Waals surface area contributed by atoms with Gasteiger partial charge in [0.1, 0.15) is 5.76 Å². The highest BCUT2D eigenvalue weighted by molar-refractivity contribution is 5.67. The van der Waals surface area contributed by atoms with E-state index in [1.54, 1.807) is 6.26 Å². The maximum Gasteiger partial charge on any atom is 0.305 e. The van der Waals surface area contributed by atoms with Crippen LogP contribution in [-0.4, -0.2) is 41.8 Å². The van der Waals surface area contributed by atoms with Gasteiger partial charge >= 0.3 is 5.97 Å². The van der Waals surface area contributed by atoms with Gasteiger partial charge in [-0.3, -0.25) is 9.69 Å². The summed E-state index contributed by atoms with van der Waals surface area (Å²) < 4.78 is 10.7. The zero-order chi connectivity index (χ0) is 12.3. The van der Waals surface area contributed by atoms with Crippen molar-refractivity contribution in [3.05, 3.63) is 24.2 Å². The van der Waals surface area contributed by atoms with Gasteiger partial charge in [0.25, 0.3) is 0 Å². The summed E-state index contributed by atoms with van der Waals surface area (Å²) in [6.07, 6.45) is 1.74. The third-order valence-corrected chi connectivity index (χ3v) is 3.14. The molecule has 1 aliphatic rings. The van der Waals surface area contributed by atoms with Crippen LogP contribution in [0.5, 0.6) is 0 Å². The normalized spacial score (nSPS) is 23.5. The van der Waals surface area contributed by atoms with Crippen LogP contribution >= 0.6 is 0 Å². The second kappa shape index (κ2) is 5.33. The molecule has 17 heavy (non-hydrogen) atoms. The van der Waals surface area contributed by atoms with E-state index in [9.17, 15) is 4.79 Å². The Morgan fingerprint density at radius 1 is 1.71 bits per heavy atom. The van der Waals surface area contributed by atoms with E-state index in [1.807, 2.05) is 19.1 Å². The number of hydrogen-bond donors (Lipinski definition) is 1. The van der Waals surface area contributed by atoms with Crippen LogP contribution in [0.25, 0.3) is 0 Å². The van der Waals surface area contributed by atoms with Crippen LogP contribution in [0, 0.1) is 0 Å². The number of ether oxygens (including phenoxy) is 1. The highest BCUT2D eigenvalue weighted by atomic mass is 16.5. The largest absolute Gasteiger partial charge is 0.481 e. The third-order valence-electron chi connectivity index (χ3n) is 3.14. The van der Waals surface area contributed by atoms with Crippen molar-refractivity contribution in [1.82, 2.24) is 4.90 Å². The first-order valence-corrected chi connectivity index (χ1v) is 5.77. The minimum Gasteiger partial charge on any atom is -0.481 e. The van der Waals surface area contributed by atoms with Gasteiger partial charge in [-0.25, -0.2) is 0 Å². The van der Waals surface area contributed by atoms with Gasteiger partial charge in [-0.15, -0.1) is 0 Å². The molecule has 0 radical (unpaired) electrons. The summed E-state index contributed by atoms with van der Waals surface area (Å²) in [5.41, 5.74) is 0. The van der Waals surface area contributed by atoms with Crippen molar-refractivity contribution < 1.29 is 19.1 Å². The zero-order valence-electron chi connectivity index (χ0n) is 9.83. The summed E-state index contributed by atoms with van der Waals surface area (Å²) in [6, 6.07) is 3.76. The molecule has 1 fully saturated rings. The smallest absolute Gasteiger partial charge is 0.305 e. The molecule has 0 bridgehead atoms. The lowest BCUT2D eigenvalue weighted by molar-refractivity contribution is -0.141. The number of rotatable bonds is 4. The van der Waals surface area contributed by atoms with E-state index in [4.69, 9.17) is 14.3 Å². The Morgan fingerprint density at radius 3 is 3.18 bits per heavy atom. The fourth-order valence-corrected chi connectivity index (χ4v) is 2.25. The summed E-state index contributed by atoms with van der Waals surface area (Å²) in [6.45, 7) is 3.87. The van der Waals surface area contributed by atoms with Gasteiger partial charge in [-0.1, -0.05) is 0 Å². The minimum absolute atomic E-state index is 0.0817. The van der Waals surface area contributed by atoms with E-state index in [-0.39, 0.29) is 18.5 Å². The van der Waals surface area contributed by atoms with Crippen LogP contribution in [0.15, 0.2) is 22.8 Å². The Kier molecular flexibility index (Phi) is 3.81. The van der Waals surface area contributed by atoms with Gasteiger partial charge in [-0.05, 0) is 19.1 Å². The Labute approximate surface area is 100.0 Å². The molecule has 2 heterocycles. The number of carbonyl (C=O) groups is 1. The average molecular weight is 239 g/mol. The number of carboxylic acid groups (broad SMARTS) is 1. The zero-order valence-corrected chi connectivity index (χ0v) is 9.83. The molecule has 0 saturated carbocycles. The van der Waals surface area contributed by atoms with Crippen LogP contribution in [0.3, 0.4) is 0 Å². The van der Waals surface area contributed by atoms with Gasteiger partial charge in [0, 0.05) is 12.6 Å². The van der Waals surface area contributed by atoms with Crippen molar-refractivity contribution in [3.8, 4) is 0 Å². The van der Waals surface area contributed by atoms with Crippen LogP contribution in [-0.2, 0) is 9.53 Å². The molecule has 0 amide bonds. The molecular formula is C12H17NO4. The number of nitrogens with zero attached hydrogens (tertiary/aromatic N) is 1. The lowest BCUT2D eigenvalue weighted by Gasteiger charge is -2.38. The van der Waals surface area contributed by atoms with Crippen LogP contribution in [0.2, 0.25) is 0 Å². The summed E-state index contributed by atoms with van der Waals surface area (Å²) in [7, 11) is 0. The number of aliphatic carboxylic acids is 1. The Balaban J connectivity index is 2.07. The highest BCUT2D eigenvalue weighted by Gasteiger charge is 2.30. The molecule has 94 valence electrons. The Hall–Kier alpha value is -1.33. The summed E-state index contributed by atoms with van der Waals surface area (Å²) in [4.78, 5) is 13.0. The van der Waals surface area contributed by atoms with Crippen molar-refractivity contribution in [1.29, 1.82) is 0 Å². The highest BCUT2D eigenvalue weighted by Crippen LogP contribution is 2.25. The Morgan fingerprint density at radius 2 is 2.53 bits per heavy atom. The molecule has 5 nitrogen and oxygen atoms in total. The van der Waals surface area contributed by atoms with E-state index in [1.165, 1.54) is 0 Å². The van der Waals surface area contributed by atoms with Gasteiger partial charge in [-0.2, -0.15) is 0 Å². The monoisotopic (exact) mass is 239 g/mol. The standard InChI is InChI=1S/C12H17NO4/c1-9(11-3-2-5-17-11)13-4-6-16-8-10(13)7-12(14)15/h2-3,5,9-10H,4,6-8H2,1H3,(H,14,15). The number of morpholine rings is 1. The number of furan rings is 1. The van der Waals surface area contributed by atoms with Crippen molar-refractivity contribution in [2.24, 2.45) is 0 Å². The van der Waals surface area contributed by atoms with E-state index in [2.05, 4.69) is 4.90 Å². The first kappa shape index (κ1) is 12.1. The second-order valence-electron chi connectivity index (χ2n) is 4.26. The molecule has 0 aliphatic carbocycles. The van der Waals surface area contributed by atoms with Gasteiger partial charge < -0.3 is 14.3 Å². The maximum atomic E-state index is 10.8. The molecule has 1 N–H and O–H groups in total. The molecule has 0 spiro atoms. The molecule has 2 unspecified atom stereocenters. The average Bonchev–Trinajstić information content (AvgIpc) is 2.81. The van der Waals surface area contributed by atoms with Crippen LogP contribution in [0.4, 0.5) is 0 Å². The van der Waals surface area contributed by atoms with Crippen molar-refractivity contribution in [2.75, 3.05) is 19.8 Å². The van der Waals surface area contributed by atoms with Crippen molar-refractivity contribution in [3.63, 3.8) is 0 Å². The predicted molar refractivity (Wildman–Crippen MR) is 60.7 cm³/mol. The third kappa shape index (κ3) is 2.87. The fraction of sp³-hybridized carbons (Fsp3) is 0.583. The van der Waals surface area contributed by atoms with Crippen LogP contribution < -0.4 is 0 Å². The lowest BCUT2D eigenvalue weighted by atomic mass is 10.1. The first-order valence-electron chi connectivity index (χ1n) is 5.77. The lowest BCUT2D eigenvalue weighted by Crippen LogP contribution is -2.47. The maximum absolute atomic E-state index is 10.8. The predicted octanol–water partition coefficient (Wildman–Crippen LogP) is 1.52. The van der Waals surface area contributed by atoms with Crippen LogP contribution in [0.1, 0.15) is 25.1 Å². The second-order valence-corrected chi connectivity index (χ2v) is 4.26. The molecular weight excluding hydrogens is 222 g/mol. The topological polar surface area (TPSA) is 62.9 Å². The van der Waals surface area contributed by atoms with Crippen molar-refractivity contribution in [2.45, 2.75) is 25.4 Å². The fourth-order valence-electron chi connectivity index (χ4n) is 2.25. The molecule has 1 aromatic heterocycles. The van der Waals surface area contributed by atoms with E-state index in [0.29, 0.717) is 13.2 Å². The van der Waals surface area contributed by atoms with E-state index < -0.39 is 5.97 Å². The Bertz CT molecular complexity index is 363. The molecule has 2 rings (SSSR count).